The Morgan fingerprint density at radius 2 is 2.18 bits per heavy atom. The van der Waals surface area contributed by atoms with Gasteiger partial charge in [0.1, 0.15) is 11.9 Å². The van der Waals surface area contributed by atoms with E-state index >= 15 is 0 Å². The van der Waals surface area contributed by atoms with Gasteiger partial charge >= 0.3 is 0 Å². The molecule has 0 saturated carbocycles. The number of hydrogen-bond acceptors (Lipinski definition) is 4. The monoisotopic (exact) mass is 234 g/mol. The summed E-state index contributed by atoms with van der Waals surface area (Å²) in [6.45, 7) is 9.69. The van der Waals surface area contributed by atoms with Gasteiger partial charge < -0.3 is 10.6 Å². The molecule has 4 heteroatoms. The van der Waals surface area contributed by atoms with E-state index < -0.39 is 0 Å². The van der Waals surface area contributed by atoms with Gasteiger partial charge in [0.2, 0.25) is 0 Å². The summed E-state index contributed by atoms with van der Waals surface area (Å²) in [5.41, 5.74) is 5.45. The highest BCUT2D eigenvalue weighted by atomic mass is 15.2. The molecule has 1 aliphatic rings. The average Bonchev–Trinajstić information content (AvgIpc) is 2.49. The minimum absolute atomic E-state index is 0.0480. The topological polar surface area (TPSA) is 44.9 Å². The van der Waals surface area contributed by atoms with Gasteiger partial charge in [-0.2, -0.15) is 0 Å². The van der Waals surface area contributed by atoms with Crippen molar-refractivity contribution in [2.75, 3.05) is 33.2 Å². The molecular weight excluding hydrogens is 212 g/mol. The Labute approximate surface area is 104 Å². The van der Waals surface area contributed by atoms with Crippen LogP contribution >= 0.6 is 0 Å². The highest BCUT2D eigenvalue weighted by Crippen LogP contribution is 2.05. The van der Waals surface area contributed by atoms with Crippen LogP contribution in [-0.4, -0.2) is 55.3 Å². The first-order chi connectivity index (χ1) is 8.13. The van der Waals surface area contributed by atoms with Crippen LogP contribution in [0.5, 0.6) is 0 Å². The molecule has 0 radical (unpaired) electrons. The lowest BCUT2D eigenvalue weighted by Gasteiger charge is -2.23. The van der Waals surface area contributed by atoms with Crippen LogP contribution in [-0.2, 0) is 0 Å². The summed E-state index contributed by atoms with van der Waals surface area (Å²) < 4.78 is 0. The molecule has 1 heterocycles. The lowest BCUT2D eigenvalue weighted by atomic mass is 10.2. The minimum Gasteiger partial charge on any atom is -0.384 e. The maximum absolute atomic E-state index is 5.45. The fourth-order valence-corrected chi connectivity index (χ4v) is 1.88. The molecule has 4 nitrogen and oxygen atoms in total. The Bertz CT molecular complexity index is 337. The third kappa shape index (κ3) is 5.03. The number of nitrogens with zero attached hydrogens (tertiary/aromatic N) is 3. The zero-order valence-corrected chi connectivity index (χ0v) is 10.8. The van der Waals surface area contributed by atoms with Gasteiger partial charge in [0.15, 0.2) is 0 Å². The predicted octanol–water partition coefficient (Wildman–Crippen LogP) is 0.517. The summed E-state index contributed by atoms with van der Waals surface area (Å²) in [5, 5.41) is 0. The Morgan fingerprint density at radius 3 is 2.82 bits per heavy atom. The molecular formula is C13H22N4. The molecule has 0 spiro atoms. The molecule has 1 unspecified atom stereocenters. The van der Waals surface area contributed by atoms with Crippen LogP contribution in [0.2, 0.25) is 0 Å². The van der Waals surface area contributed by atoms with Crippen LogP contribution in [0.1, 0.15) is 13.3 Å². The summed E-state index contributed by atoms with van der Waals surface area (Å²) in [5.74, 6) is 6.45. The largest absolute Gasteiger partial charge is 0.384 e. The second-order valence-electron chi connectivity index (χ2n) is 4.30. The zero-order chi connectivity index (χ0) is 12.7. The first-order valence-corrected chi connectivity index (χ1v) is 5.97. The Balaban J connectivity index is 2.68. The van der Waals surface area contributed by atoms with Crippen molar-refractivity contribution < 1.29 is 0 Å². The summed E-state index contributed by atoms with van der Waals surface area (Å²) in [4.78, 5) is 8.75. The predicted molar refractivity (Wildman–Crippen MR) is 72.7 cm³/mol. The third-order valence-electron chi connectivity index (χ3n) is 2.82. The molecule has 0 aromatic rings. The molecule has 17 heavy (non-hydrogen) atoms. The van der Waals surface area contributed by atoms with Crippen molar-refractivity contribution >= 4 is 6.21 Å². The highest BCUT2D eigenvalue weighted by Gasteiger charge is 2.17. The van der Waals surface area contributed by atoms with Gasteiger partial charge in [-0.25, -0.2) is 4.99 Å². The molecule has 0 aromatic carbocycles. The van der Waals surface area contributed by atoms with Crippen LogP contribution in [0.3, 0.4) is 0 Å². The van der Waals surface area contributed by atoms with E-state index in [4.69, 9.17) is 5.73 Å². The molecule has 1 saturated heterocycles. The van der Waals surface area contributed by atoms with Crippen LogP contribution in [0.4, 0.5) is 0 Å². The van der Waals surface area contributed by atoms with Gasteiger partial charge in [-0.05, 0) is 26.9 Å². The fraction of sp³-hybridized carbons (Fsp3) is 0.615. The first-order valence-electron chi connectivity index (χ1n) is 5.97. The average molecular weight is 234 g/mol. The normalized spacial score (nSPS) is 20.6. The van der Waals surface area contributed by atoms with Crippen LogP contribution in [0.25, 0.3) is 0 Å². The van der Waals surface area contributed by atoms with Gasteiger partial charge in [0.25, 0.3) is 0 Å². The van der Waals surface area contributed by atoms with E-state index in [9.17, 15) is 0 Å². The number of hydrogen-bond donors (Lipinski definition) is 1. The van der Waals surface area contributed by atoms with E-state index in [2.05, 4.69) is 40.3 Å². The Kier molecular flexibility index (Phi) is 5.75. The molecule has 0 bridgehead atoms. The summed E-state index contributed by atoms with van der Waals surface area (Å²) in [7, 11) is 2.15. The highest BCUT2D eigenvalue weighted by molar-refractivity contribution is 5.70. The van der Waals surface area contributed by atoms with Crippen molar-refractivity contribution in [3.05, 3.63) is 12.4 Å². The molecule has 1 rings (SSSR count). The van der Waals surface area contributed by atoms with Crippen LogP contribution in [0.15, 0.2) is 17.4 Å². The van der Waals surface area contributed by atoms with E-state index in [1.54, 1.807) is 6.21 Å². The molecule has 0 aliphatic carbocycles. The molecule has 1 fully saturated rings. The lowest BCUT2D eigenvalue weighted by Crippen LogP contribution is -2.38. The Hall–Kier alpha value is -1.31. The number of rotatable bonds is 3. The molecule has 94 valence electrons. The molecule has 1 aliphatic heterocycles. The maximum atomic E-state index is 5.45. The molecule has 0 aromatic heterocycles. The van der Waals surface area contributed by atoms with Crippen molar-refractivity contribution in [3.63, 3.8) is 0 Å². The summed E-state index contributed by atoms with van der Waals surface area (Å²) >= 11 is 0. The van der Waals surface area contributed by atoms with Gasteiger partial charge in [0, 0.05) is 25.8 Å². The van der Waals surface area contributed by atoms with E-state index in [1.807, 2.05) is 6.92 Å². The van der Waals surface area contributed by atoms with Crippen LogP contribution in [0, 0.1) is 11.8 Å². The molecule has 1 atom stereocenters. The second kappa shape index (κ2) is 7.10. The molecule has 0 amide bonds. The number of likely N-dealkylation sites (N-methyl/N-ethyl adjacent to an activating group) is 1. The SMILES string of the molecule is C=C(N)/N=C\C(C#CC)N1CCCN(C)CC1. The second-order valence-corrected chi connectivity index (χ2v) is 4.30. The van der Waals surface area contributed by atoms with E-state index in [0.29, 0.717) is 5.82 Å². The van der Waals surface area contributed by atoms with Crippen molar-refractivity contribution in [1.82, 2.24) is 9.80 Å². The van der Waals surface area contributed by atoms with E-state index in [0.717, 1.165) is 32.6 Å². The van der Waals surface area contributed by atoms with Gasteiger partial charge in [-0.15, -0.1) is 5.92 Å². The quantitative estimate of drug-likeness (QED) is 0.572. The van der Waals surface area contributed by atoms with Gasteiger partial charge in [0.05, 0.1) is 0 Å². The summed E-state index contributed by atoms with van der Waals surface area (Å²) in [6.07, 6.45) is 2.96. The number of aliphatic imine (C=N–C) groups is 1. The van der Waals surface area contributed by atoms with Crippen molar-refractivity contribution in [3.8, 4) is 11.8 Å². The smallest absolute Gasteiger partial charge is 0.115 e. The van der Waals surface area contributed by atoms with Crippen molar-refractivity contribution in [2.24, 2.45) is 10.7 Å². The first kappa shape index (κ1) is 13.8. The third-order valence-corrected chi connectivity index (χ3v) is 2.82. The van der Waals surface area contributed by atoms with Crippen molar-refractivity contribution in [2.45, 2.75) is 19.4 Å². The maximum Gasteiger partial charge on any atom is 0.115 e. The zero-order valence-electron chi connectivity index (χ0n) is 10.8. The Morgan fingerprint density at radius 1 is 1.41 bits per heavy atom. The van der Waals surface area contributed by atoms with Gasteiger partial charge in [-0.1, -0.05) is 12.5 Å². The van der Waals surface area contributed by atoms with E-state index in [-0.39, 0.29) is 6.04 Å². The number of nitrogens with two attached hydrogens (primary N) is 1. The van der Waals surface area contributed by atoms with Crippen LogP contribution < -0.4 is 5.73 Å². The molecule has 2 N–H and O–H groups in total. The van der Waals surface area contributed by atoms with E-state index in [1.165, 1.54) is 0 Å². The fourth-order valence-electron chi connectivity index (χ4n) is 1.88. The summed E-state index contributed by atoms with van der Waals surface area (Å²) in [6, 6.07) is 0.0480. The van der Waals surface area contributed by atoms with Gasteiger partial charge in [-0.3, -0.25) is 4.90 Å². The lowest BCUT2D eigenvalue weighted by molar-refractivity contribution is 0.280. The minimum atomic E-state index is 0.0480. The standard InChI is InChI=1S/C13H22N4/c1-4-6-13(11-15-12(2)14)17-8-5-7-16(3)9-10-17/h11,13H,2,5,7-10,14H2,1,3H3/b15-11-. The van der Waals surface area contributed by atoms with Crippen molar-refractivity contribution in [1.29, 1.82) is 0 Å².